The number of nitrogens with one attached hydrogen (secondary N) is 1. The first-order chi connectivity index (χ1) is 9.56. The van der Waals surface area contributed by atoms with Gasteiger partial charge < -0.3 is 15.2 Å². The number of rotatable bonds is 3. The molecule has 1 saturated heterocycles. The molecule has 0 saturated carbocycles. The molecule has 4 atom stereocenters. The quantitative estimate of drug-likeness (QED) is 0.802. The summed E-state index contributed by atoms with van der Waals surface area (Å²) in [7, 11) is 0. The topological polar surface area (TPSA) is 88.5 Å². The maximum Gasteiger partial charge on any atom is 0.310 e. The molecule has 2 bridgehead atoms. The molecule has 1 amide bonds. The molecule has 2 N–H and O–H groups in total. The number of hydrogen-bond donors (Lipinski definition) is 2. The van der Waals surface area contributed by atoms with Gasteiger partial charge in [0.15, 0.2) is 0 Å². The third-order valence-electron chi connectivity index (χ3n) is 3.65. The molecular formula is C14H14N2O4. The molecule has 104 valence electrons. The summed E-state index contributed by atoms with van der Waals surface area (Å²) in [5.41, 5.74) is 0.967. The Labute approximate surface area is 115 Å². The third kappa shape index (κ3) is 2.08. The van der Waals surface area contributed by atoms with Crippen LogP contribution in [-0.4, -0.2) is 34.2 Å². The van der Waals surface area contributed by atoms with Crippen LogP contribution in [0, 0.1) is 18.8 Å². The van der Waals surface area contributed by atoms with Crippen molar-refractivity contribution >= 4 is 17.7 Å². The second-order valence-electron chi connectivity index (χ2n) is 5.05. The van der Waals surface area contributed by atoms with Crippen molar-refractivity contribution < 1.29 is 19.4 Å². The highest BCUT2D eigenvalue weighted by atomic mass is 16.5. The number of aromatic nitrogens is 1. The number of ether oxygens (including phenoxy) is 1. The molecule has 4 unspecified atom stereocenters. The van der Waals surface area contributed by atoms with Crippen molar-refractivity contribution in [1.29, 1.82) is 0 Å². The molecule has 6 nitrogen and oxygen atoms in total. The molecule has 2 aliphatic rings. The van der Waals surface area contributed by atoms with E-state index in [1.54, 1.807) is 24.4 Å². The van der Waals surface area contributed by atoms with Gasteiger partial charge >= 0.3 is 5.97 Å². The van der Waals surface area contributed by atoms with E-state index in [9.17, 15) is 14.7 Å². The first-order valence-electron chi connectivity index (χ1n) is 6.36. The molecule has 3 rings (SSSR count). The number of nitrogens with zero attached hydrogens (tertiary/aromatic N) is 1. The zero-order chi connectivity index (χ0) is 14.3. The third-order valence-corrected chi connectivity index (χ3v) is 3.65. The van der Waals surface area contributed by atoms with Gasteiger partial charge in [-0.2, -0.15) is 0 Å². The lowest BCUT2D eigenvalue weighted by atomic mass is 9.82. The summed E-state index contributed by atoms with van der Waals surface area (Å²) >= 11 is 0. The number of aryl methyl sites for hydroxylation is 1. The standard InChI is InChI=1S/C14H14N2O4/c1-7-4-5-15-10(6-7)16-13(17)11-8-2-3-9(20-8)12(11)14(18)19/h2-6,8-9,11-12H,1H3,(H,18,19)(H,15,16,17). The van der Waals surface area contributed by atoms with Crippen molar-refractivity contribution in [3.63, 3.8) is 0 Å². The summed E-state index contributed by atoms with van der Waals surface area (Å²) in [6.45, 7) is 1.89. The average Bonchev–Trinajstić information content (AvgIpc) is 2.98. The summed E-state index contributed by atoms with van der Waals surface area (Å²) in [6.07, 6.45) is 4.07. The molecule has 0 radical (unpaired) electrons. The molecule has 0 aliphatic carbocycles. The number of carbonyl (C=O) groups is 2. The van der Waals surface area contributed by atoms with Crippen LogP contribution in [0.25, 0.3) is 0 Å². The number of anilines is 1. The van der Waals surface area contributed by atoms with Gasteiger partial charge in [0.1, 0.15) is 11.7 Å². The Morgan fingerprint density at radius 1 is 1.30 bits per heavy atom. The van der Waals surface area contributed by atoms with Crippen molar-refractivity contribution in [3.8, 4) is 0 Å². The van der Waals surface area contributed by atoms with Crippen LogP contribution in [0.4, 0.5) is 5.82 Å². The van der Waals surface area contributed by atoms with Crippen LogP contribution in [0.2, 0.25) is 0 Å². The van der Waals surface area contributed by atoms with E-state index in [0.29, 0.717) is 5.82 Å². The van der Waals surface area contributed by atoms with Crippen LogP contribution in [0.5, 0.6) is 0 Å². The van der Waals surface area contributed by atoms with Crippen molar-refractivity contribution in [1.82, 2.24) is 4.98 Å². The minimum atomic E-state index is -1.01. The van der Waals surface area contributed by atoms with Crippen LogP contribution < -0.4 is 5.32 Å². The second-order valence-corrected chi connectivity index (χ2v) is 5.05. The summed E-state index contributed by atoms with van der Waals surface area (Å²) < 4.78 is 5.47. The lowest BCUT2D eigenvalue weighted by molar-refractivity contribution is -0.145. The number of amides is 1. The number of pyridine rings is 1. The fourth-order valence-corrected chi connectivity index (χ4v) is 2.73. The molecule has 2 aliphatic heterocycles. The maximum atomic E-state index is 12.3. The Bertz CT molecular complexity index is 599. The summed E-state index contributed by atoms with van der Waals surface area (Å²) in [4.78, 5) is 27.7. The van der Waals surface area contributed by atoms with E-state index in [-0.39, 0.29) is 5.91 Å². The van der Waals surface area contributed by atoms with E-state index in [2.05, 4.69) is 10.3 Å². The van der Waals surface area contributed by atoms with Gasteiger partial charge in [-0.25, -0.2) is 4.98 Å². The van der Waals surface area contributed by atoms with Crippen molar-refractivity contribution in [2.75, 3.05) is 5.32 Å². The van der Waals surface area contributed by atoms with E-state index in [0.717, 1.165) is 5.56 Å². The van der Waals surface area contributed by atoms with Gasteiger partial charge in [-0.15, -0.1) is 0 Å². The van der Waals surface area contributed by atoms with Crippen LogP contribution >= 0.6 is 0 Å². The zero-order valence-electron chi connectivity index (χ0n) is 10.8. The Kier molecular flexibility index (Phi) is 3.02. The average molecular weight is 274 g/mol. The van der Waals surface area contributed by atoms with E-state index in [4.69, 9.17) is 4.74 Å². The highest BCUT2D eigenvalue weighted by Crippen LogP contribution is 2.39. The molecule has 0 spiro atoms. The summed E-state index contributed by atoms with van der Waals surface area (Å²) in [6, 6.07) is 3.55. The van der Waals surface area contributed by atoms with Gasteiger partial charge in [-0.3, -0.25) is 9.59 Å². The molecular weight excluding hydrogens is 260 g/mol. The minimum absolute atomic E-state index is 0.368. The van der Waals surface area contributed by atoms with E-state index in [1.165, 1.54) is 0 Å². The van der Waals surface area contributed by atoms with Gasteiger partial charge in [-0.1, -0.05) is 12.2 Å². The molecule has 1 fully saturated rings. The summed E-state index contributed by atoms with van der Waals surface area (Å²) in [5, 5.41) is 11.9. The number of carboxylic acids is 1. The van der Waals surface area contributed by atoms with Gasteiger partial charge in [0.05, 0.1) is 18.1 Å². The Balaban J connectivity index is 1.80. The van der Waals surface area contributed by atoms with Gasteiger partial charge in [0.25, 0.3) is 0 Å². The Hall–Kier alpha value is -2.21. The highest BCUT2D eigenvalue weighted by molar-refractivity contribution is 5.96. The van der Waals surface area contributed by atoms with Crippen molar-refractivity contribution in [2.24, 2.45) is 11.8 Å². The minimum Gasteiger partial charge on any atom is -0.481 e. The Morgan fingerprint density at radius 2 is 2.00 bits per heavy atom. The molecule has 3 heterocycles. The first-order valence-corrected chi connectivity index (χ1v) is 6.36. The zero-order valence-corrected chi connectivity index (χ0v) is 10.8. The molecule has 6 heteroatoms. The van der Waals surface area contributed by atoms with Crippen LogP contribution in [-0.2, 0) is 14.3 Å². The predicted octanol–water partition coefficient (Wildman–Crippen LogP) is 0.983. The number of fused-ring (bicyclic) bond motifs is 2. The van der Waals surface area contributed by atoms with Gasteiger partial charge in [0, 0.05) is 6.20 Å². The van der Waals surface area contributed by atoms with Crippen molar-refractivity contribution in [3.05, 3.63) is 36.0 Å². The largest absolute Gasteiger partial charge is 0.481 e. The first kappa shape index (κ1) is 12.8. The lowest BCUT2D eigenvalue weighted by Crippen LogP contribution is -2.39. The van der Waals surface area contributed by atoms with Crippen LogP contribution in [0.15, 0.2) is 30.5 Å². The van der Waals surface area contributed by atoms with E-state index in [1.807, 2.05) is 13.0 Å². The normalized spacial score (nSPS) is 30.4. The van der Waals surface area contributed by atoms with Gasteiger partial charge in [0.2, 0.25) is 5.91 Å². The Morgan fingerprint density at radius 3 is 2.65 bits per heavy atom. The van der Waals surface area contributed by atoms with E-state index < -0.39 is 30.0 Å². The van der Waals surface area contributed by atoms with Gasteiger partial charge in [-0.05, 0) is 24.6 Å². The SMILES string of the molecule is Cc1ccnc(NC(=O)C2C3C=CC(O3)C2C(=O)O)c1. The van der Waals surface area contributed by atoms with Crippen LogP contribution in [0.3, 0.4) is 0 Å². The lowest BCUT2D eigenvalue weighted by Gasteiger charge is -2.20. The van der Waals surface area contributed by atoms with E-state index >= 15 is 0 Å². The fraction of sp³-hybridized carbons (Fsp3) is 0.357. The van der Waals surface area contributed by atoms with Crippen LogP contribution in [0.1, 0.15) is 5.56 Å². The molecule has 1 aromatic rings. The maximum absolute atomic E-state index is 12.3. The number of carbonyl (C=O) groups excluding carboxylic acids is 1. The smallest absolute Gasteiger partial charge is 0.310 e. The molecule has 20 heavy (non-hydrogen) atoms. The highest BCUT2D eigenvalue weighted by Gasteiger charge is 2.53. The second kappa shape index (κ2) is 4.72. The number of carboxylic acid groups (broad SMARTS) is 1. The fourth-order valence-electron chi connectivity index (χ4n) is 2.73. The number of aliphatic carboxylic acids is 1. The molecule has 0 aromatic carbocycles. The number of hydrogen-bond acceptors (Lipinski definition) is 4. The van der Waals surface area contributed by atoms with Crippen molar-refractivity contribution in [2.45, 2.75) is 19.1 Å². The molecule has 1 aromatic heterocycles. The summed E-state index contributed by atoms with van der Waals surface area (Å²) in [5.74, 6) is -2.52. The monoisotopic (exact) mass is 274 g/mol. The predicted molar refractivity (Wildman–Crippen MR) is 70.0 cm³/mol.